The van der Waals surface area contributed by atoms with E-state index in [0.29, 0.717) is 12.0 Å². The van der Waals surface area contributed by atoms with Gasteiger partial charge in [0.1, 0.15) is 22.0 Å². The number of Topliss-reactive ketones (excluding diaryl/α,β-unsaturated/α-hetero) is 1. The monoisotopic (exact) mass is 386 g/mol. The third kappa shape index (κ3) is 3.67. The van der Waals surface area contributed by atoms with Crippen LogP contribution in [0.1, 0.15) is 46.5 Å². The molecule has 0 N–H and O–H groups in total. The van der Waals surface area contributed by atoms with Crippen LogP contribution in [-0.2, 0) is 12.8 Å². The fourth-order valence-electron chi connectivity index (χ4n) is 3.35. The van der Waals surface area contributed by atoms with Crippen molar-refractivity contribution in [3.8, 4) is 0 Å². The van der Waals surface area contributed by atoms with E-state index >= 15 is 0 Å². The van der Waals surface area contributed by atoms with Crippen LogP contribution >= 0.6 is 23.1 Å². The summed E-state index contributed by atoms with van der Waals surface area (Å²) < 4.78 is 12.9. The van der Waals surface area contributed by atoms with E-state index in [-0.39, 0.29) is 11.6 Å². The molecular weight excluding hydrogens is 367 g/mol. The van der Waals surface area contributed by atoms with Crippen LogP contribution in [0.4, 0.5) is 4.39 Å². The summed E-state index contributed by atoms with van der Waals surface area (Å²) in [6.07, 6.45) is 7.68. The Morgan fingerprint density at radius 3 is 2.81 bits per heavy atom. The average Bonchev–Trinajstić information content (AvgIpc) is 3.05. The molecule has 26 heavy (non-hydrogen) atoms. The quantitative estimate of drug-likeness (QED) is 0.244. The molecular formula is C20H19FN2OS2. The SMILES string of the molecule is O=C(CCCSc1ncnc2sc3c(c12)CCCC3)c1ccc(F)cc1. The van der Waals surface area contributed by atoms with Crippen LogP contribution in [0.15, 0.2) is 35.6 Å². The van der Waals surface area contributed by atoms with Gasteiger partial charge in [-0.1, -0.05) is 0 Å². The Bertz CT molecular complexity index is 937. The smallest absolute Gasteiger partial charge is 0.162 e. The molecule has 0 amide bonds. The summed E-state index contributed by atoms with van der Waals surface area (Å²) in [7, 11) is 0. The lowest BCUT2D eigenvalue weighted by Gasteiger charge is -2.11. The molecule has 0 bridgehead atoms. The number of fused-ring (bicyclic) bond motifs is 3. The Balaban J connectivity index is 1.40. The number of aromatic nitrogens is 2. The molecule has 134 valence electrons. The van der Waals surface area contributed by atoms with E-state index < -0.39 is 0 Å². The van der Waals surface area contributed by atoms with Crippen molar-refractivity contribution in [2.24, 2.45) is 0 Å². The molecule has 1 aliphatic carbocycles. The number of rotatable bonds is 6. The number of aryl methyl sites for hydroxylation is 2. The largest absolute Gasteiger partial charge is 0.294 e. The van der Waals surface area contributed by atoms with Gasteiger partial charge in [0.15, 0.2) is 5.78 Å². The standard InChI is InChI=1S/C20H19FN2OS2/c21-14-9-7-13(8-10-14)16(24)5-3-11-25-19-18-15-4-1-2-6-17(15)26-20(18)23-12-22-19/h7-10,12H,1-6,11H2. The van der Waals surface area contributed by atoms with Gasteiger partial charge in [0.2, 0.25) is 0 Å². The van der Waals surface area contributed by atoms with Crippen molar-refractivity contribution >= 4 is 39.1 Å². The van der Waals surface area contributed by atoms with Gasteiger partial charge in [0, 0.05) is 22.2 Å². The highest BCUT2D eigenvalue weighted by Gasteiger charge is 2.19. The molecule has 0 radical (unpaired) electrons. The highest BCUT2D eigenvalue weighted by atomic mass is 32.2. The van der Waals surface area contributed by atoms with Gasteiger partial charge in [-0.25, -0.2) is 14.4 Å². The first-order chi connectivity index (χ1) is 12.7. The number of nitrogens with zero attached hydrogens (tertiary/aromatic N) is 2. The average molecular weight is 387 g/mol. The third-order valence-corrected chi connectivity index (χ3v) is 6.95. The summed E-state index contributed by atoms with van der Waals surface area (Å²) in [5.74, 6) is 0.583. The van der Waals surface area contributed by atoms with Crippen LogP contribution in [-0.4, -0.2) is 21.5 Å². The van der Waals surface area contributed by atoms with Gasteiger partial charge in [-0.2, -0.15) is 0 Å². The lowest BCUT2D eigenvalue weighted by atomic mass is 9.97. The Labute approximate surface area is 160 Å². The molecule has 3 aromatic rings. The van der Waals surface area contributed by atoms with Gasteiger partial charge in [0.25, 0.3) is 0 Å². The molecule has 3 nitrogen and oxygen atoms in total. The maximum atomic E-state index is 12.9. The summed E-state index contributed by atoms with van der Waals surface area (Å²) in [5, 5.41) is 2.28. The molecule has 2 heterocycles. The van der Waals surface area contributed by atoms with E-state index in [4.69, 9.17) is 0 Å². The van der Waals surface area contributed by atoms with Crippen LogP contribution in [0.3, 0.4) is 0 Å². The Morgan fingerprint density at radius 1 is 1.15 bits per heavy atom. The molecule has 0 spiro atoms. The summed E-state index contributed by atoms with van der Waals surface area (Å²) in [5.41, 5.74) is 2.02. The van der Waals surface area contributed by atoms with E-state index in [9.17, 15) is 9.18 Å². The minimum Gasteiger partial charge on any atom is -0.294 e. The normalized spacial score (nSPS) is 13.7. The van der Waals surface area contributed by atoms with Crippen molar-refractivity contribution in [1.82, 2.24) is 9.97 Å². The van der Waals surface area contributed by atoms with Crippen LogP contribution in [0.25, 0.3) is 10.2 Å². The fourth-order valence-corrected chi connectivity index (χ4v) is 5.61. The second-order valence-electron chi connectivity index (χ2n) is 6.45. The summed E-state index contributed by atoms with van der Waals surface area (Å²) >= 11 is 3.52. The lowest BCUT2D eigenvalue weighted by molar-refractivity contribution is 0.0982. The minimum absolute atomic E-state index is 0.0614. The molecule has 0 saturated heterocycles. The predicted molar refractivity (Wildman–Crippen MR) is 105 cm³/mol. The molecule has 0 atom stereocenters. The second kappa shape index (κ2) is 7.84. The van der Waals surface area contributed by atoms with Gasteiger partial charge in [-0.15, -0.1) is 23.1 Å². The van der Waals surface area contributed by atoms with E-state index in [0.717, 1.165) is 34.9 Å². The number of benzene rings is 1. The molecule has 0 saturated carbocycles. The maximum absolute atomic E-state index is 12.9. The number of ketones is 1. The van der Waals surface area contributed by atoms with Crippen LogP contribution in [0.2, 0.25) is 0 Å². The van der Waals surface area contributed by atoms with E-state index in [1.807, 2.05) is 11.3 Å². The first kappa shape index (κ1) is 17.6. The Hall–Kier alpha value is -1.79. The number of hydrogen-bond acceptors (Lipinski definition) is 5. The highest BCUT2D eigenvalue weighted by Crippen LogP contribution is 2.39. The molecule has 2 aromatic heterocycles. The summed E-state index contributed by atoms with van der Waals surface area (Å²) in [6, 6.07) is 5.77. The molecule has 4 rings (SSSR count). The van der Waals surface area contributed by atoms with Gasteiger partial charge in [0.05, 0.1) is 0 Å². The van der Waals surface area contributed by atoms with Gasteiger partial charge in [-0.3, -0.25) is 4.79 Å². The Morgan fingerprint density at radius 2 is 1.96 bits per heavy atom. The van der Waals surface area contributed by atoms with E-state index in [2.05, 4.69) is 9.97 Å². The molecule has 0 fully saturated rings. The van der Waals surface area contributed by atoms with Gasteiger partial charge >= 0.3 is 0 Å². The van der Waals surface area contributed by atoms with Crippen molar-refractivity contribution in [2.75, 3.05) is 5.75 Å². The van der Waals surface area contributed by atoms with Crippen molar-refractivity contribution in [3.63, 3.8) is 0 Å². The highest BCUT2D eigenvalue weighted by molar-refractivity contribution is 7.99. The molecule has 0 aliphatic heterocycles. The van der Waals surface area contributed by atoms with Crippen LogP contribution in [0.5, 0.6) is 0 Å². The zero-order valence-corrected chi connectivity index (χ0v) is 16.0. The summed E-state index contributed by atoms with van der Waals surface area (Å²) in [6.45, 7) is 0. The van der Waals surface area contributed by atoms with Crippen molar-refractivity contribution < 1.29 is 9.18 Å². The predicted octanol–water partition coefficient (Wildman–Crippen LogP) is 5.46. The van der Waals surface area contributed by atoms with Gasteiger partial charge in [-0.05, 0) is 67.7 Å². The second-order valence-corrected chi connectivity index (χ2v) is 8.62. The zero-order chi connectivity index (χ0) is 17.9. The van der Waals surface area contributed by atoms with Crippen molar-refractivity contribution in [3.05, 3.63) is 52.4 Å². The topological polar surface area (TPSA) is 42.9 Å². The number of carbonyl (C=O) groups excluding carboxylic acids is 1. The number of hydrogen-bond donors (Lipinski definition) is 0. The van der Waals surface area contributed by atoms with Crippen molar-refractivity contribution in [1.29, 1.82) is 0 Å². The first-order valence-corrected chi connectivity index (χ1v) is 10.7. The fraction of sp³-hybridized carbons (Fsp3) is 0.350. The molecule has 6 heteroatoms. The van der Waals surface area contributed by atoms with E-state index in [1.165, 1.54) is 40.8 Å². The Kier molecular flexibility index (Phi) is 5.31. The number of thioether (sulfide) groups is 1. The number of halogens is 1. The number of thiophene rings is 1. The van der Waals surface area contributed by atoms with Gasteiger partial charge < -0.3 is 0 Å². The maximum Gasteiger partial charge on any atom is 0.162 e. The van der Waals surface area contributed by atoms with Crippen LogP contribution in [0, 0.1) is 5.82 Å². The minimum atomic E-state index is -0.316. The molecule has 1 aliphatic rings. The lowest BCUT2D eigenvalue weighted by Crippen LogP contribution is -2.00. The molecule has 0 unspecified atom stereocenters. The van der Waals surface area contributed by atoms with Crippen LogP contribution < -0.4 is 0 Å². The third-order valence-electron chi connectivity index (χ3n) is 4.67. The van der Waals surface area contributed by atoms with Crippen molar-refractivity contribution in [2.45, 2.75) is 43.6 Å². The van der Waals surface area contributed by atoms with E-state index in [1.54, 1.807) is 30.2 Å². The number of carbonyl (C=O) groups is 1. The summed E-state index contributed by atoms with van der Waals surface area (Å²) in [4.78, 5) is 23.7. The zero-order valence-electron chi connectivity index (χ0n) is 14.3. The molecule has 1 aromatic carbocycles. The first-order valence-electron chi connectivity index (χ1n) is 8.89.